The number of nitrogens with zero attached hydrogens (tertiary/aromatic N) is 2. The minimum atomic E-state index is -0.507. The van der Waals surface area contributed by atoms with Gasteiger partial charge in [-0.2, -0.15) is 0 Å². The molecule has 1 aromatic heterocycles. The summed E-state index contributed by atoms with van der Waals surface area (Å²) in [5.41, 5.74) is 1.55. The molecule has 1 unspecified atom stereocenters. The molecule has 5 nitrogen and oxygen atoms in total. The smallest absolute Gasteiger partial charge is 0.410 e. The van der Waals surface area contributed by atoms with Crippen molar-refractivity contribution in [3.05, 3.63) is 46.7 Å². The van der Waals surface area contributed by atoms with Gasteiger partial charge in [0.1, 0.15) is 5.60 Å². The molecule has 2 amide bonds. The fourth-order valence-corrected chi connectivity index (χ4v) is 4.55. The molecule has 2 heterocycles. The van der Waals surface area contributed by atoms with E-state index >= 15 is 0 Å². The topological polar surface area (TPSA) is 49.9 Å². The summed E-state index contributed by atoms with van der Waals surface area (Å²) in [6, 6.07) is 12.1. The van der Waals surface area contributed by atoms with E-state index in [4.69, 9.17) is 4.74 Å². The Kier molecular flexibility index (Phi) is 6.63. The number of carbonyl (C=O) groups is 2. The second-order valence-electron chi connectivity index (χ2n) is 8.65. The van der Waals surface area contributed by atoms with E-state index in [1.165, 1.54) is 11.3 Å². The largest absolute Gasteiger partial charge is 0.444 e. The lowest BCUT2D eigenvalue weighted by Crippen LogP contribution is -2.44. The number of likely N-dealkylation sites (tertiary alicyclic amines) is 1. The monoisotopic (exact) mass is 414 g/mol. The highest BCUT2D eigenvalue weighted by Gasteiger charge is 2.29. The van der Waals surface area contributed by atoms with Crippen LogP contribution in [0.4, 0.5) is 4.79 Å². The van der Waals surface area contributed by atoms with Gasteiger partial charge in [0.15, 0.2) is 0 Å². The van der Waals surface area contributed by atoms with Crippen molar-refractivity contribution >= 4 is 23.3 Å². The summed E-state index contributed by atoms with van der Waals surface area (Å²) in [7, 11) is 1.77. The lowest BCUT2D eigenvalue weighted by Gasteiger charge is -2.35. The van der Waals surface area contributed by atoms with Crippen molar-refractivity contribution in [2.45, 2.75) is 39.2 Å². The molecular weight excluding hydrogens is 384 g/mol. The first-order valence-electron chi connectivity index (χ1n) is 10.1. The highest BCUT2D eigenvalue weighted by Crippen LogP contribution is 2.30. The van der Waals surface area contributed by atoms with Crippen LogP contribution >= 0.6 is 11.3 Å². The zero-order valence-corrected chi connectivity index (χ0v) is 18.5. The van der Waals surface area contributed by atoms with Gasteiger partial charge in [-0.25, -0.2) is 4.79 Å². The molecule has 0 bridgehead atoms. The molecule has 0 N–H and O–H groups in total. The lowest BCUT2D eigenvalue weighted by atomic mass is 9.97. The predicted molar refractivity (Wildman–Crippen MR) is 117 cm³/mol. The summed E-state index contributed by atoms with van der Waals surface area (Å²) in [5.74, 6) is 0.342. The van der Waals surface area contributed by atoms with Crippen LogP contribution in [0.15, 0.2) is 41.8 Å². The summed E-state index contributed by atoms with van der Waals surface area (Å²) in [5, 5.41) is 1.98. The van der Waals surface area contributed by atoms with Crippen molar-refractivity contribution in [1.82, 2.24) is 9.80 Å². The molecule has 29 heavy (non-hydrogen) atoms. The van der Waals surface area contributed by atoms with Gasteiger partial charge in [-0.1, -0.05) is 30.3 Å². The summed E-state index contributed by atoms with van der Waals surface area (Å²) in [6.45, 7) is 7.62. The Balaban J connectivity index is 1.65. The van der Waals surface area contributed by atoms with Crippen LogP contribution < -0.4 is 0 Å². The third kappa shape index (κ3) is 5.60. The van der Waals surface area contributed by atoms with E-state index in [1.807, 2.05) is 67.4 Å². The Labute approximate surface area is 177 Å². The molecule has 1 aromatic carbocycles. The maximum atomic E-state index is 13.2. The average molecular weight is 415 g/mol. The molecule has 3 rings (SSSR count). The van der Waals surface area contributed by atoms with E-state index < -0.39 is 5.60 Å². The summed E-state index contributed by atoms with van der Waals surface area (Å²) in [4.78, 5) is 29.9. The first kappa shape index (κ1) is 21.4. The summed E-state index contributed by atoms with van der Waals surface area (Å²) < 4.78 is 5.45. The van der Waals surface area contributed by atoms with Gasteiger partial charge in [-0.15, -0.1) is 11.3 Å². The van der Waals surface area contributed by atoms with Gasteiger partial charge in [0, 0.05) is 32.2 Å². The van der Waals surface area contributed by atoms with E-state index in [1.54, 1.807) is 11.9 Å². The van der Waals surface area contributed by atoms with Crippen LogP contribution in [0.5, 0.6) is 0 Å². The zero-order chi connectivity index (χ0) is 21.0. The standard InChI is InChI=1S/C23H30N2O3S/c1-23(2,3)28-22(27)24(4)15-17-9-8-13-25(16-17)21(26)20-19(12-14-29-20)18-10-6-5-7-11-18/h5-7,10-12,14,17H,8-9,13,15-16H2,1-4H3. The Morgan fingerprint density at radius 1 is 1.21 bits per heavy atom. The van der Waals surface area contributed by atoms with Crippen molar-refractivity contribution < 1.29 is 14.3 Å². The van der Waals surface area contributed by atoms with Crippen molar-refractivity contribution in [2.24, 2.45) is 5.92 Å². The van der Waals surface area contributed by atoms with Gasteiger partial charge in [0.05, 0.1) is 4.88 Å². The predicted octanol–water partition coefficient (Wildman–Crippen LogP) is 5.13. The molecule has 0 saturated carbocycles. The maximum Gasteiger partial charge on any atom is 0.410 e. The first-order valence-corrected chi connectivity index (χ1v) is 11.0. The van der Waals surface area contributed by atoms with Crippen LogP contribution in [0.2, 0.25) is 0 Å². The van der Waals surface area contributed by atoms with Crippen LogP contribution in [-0.2, 0) is 4.74 Å². The molecule has 1 aliphatic rings. The number of amides is 2. The van der Waals surface area contributed by atoms with Gasteiger partial charge in [-0.3, -0.25) is 4.79 Å². The van der Waals surface area contributed by atoms with Crippen molar-refractivity contribution in [2.75, 3.05) is 26.7 Å². The van der Waals surface area contributed by atoms with Crippen LogP contribution in [0, 0.1) is 5.92 Å². The van der Waals surface area contributed by atoms with Crippen molar-refractivity contribution in [1.29, 1.82) is 0 Å². The molecule has 0 spiro atoms. The van der Waals surface area contributed by atoms with E-state index in [2.05, 4.69) is 0 Å². The fraction of sp³-hybridized carbons (Fsp3) is 0.478. The molecule has 1 atom stereocenters. The number of hydrogen-bond acceptors (Lipinski definition) is 4. The maximum absolute atomic E-state index is 13.2. The number of thiophene rings is 1. The van der Waals surface area contributed by atoms with Crippen molar-refractivity contribution in [3.63, 3.8) is 0 Å². The highest BCUT2D eigenvalue weighted by atomic mass is 32.1. The minimum Gasteiger partial charge on any atom is -0.444 e. The molecule has 1 aliphatic heterocycles. The third-order valence-corrected chi connectivity index (χ3v) is 5.89. The van der Waals surface area contributed by atoms with Crippen LogP contribution in [0.1, 0.15) is 43.3 Å². The highest BCUT2D eigenvalue weighted by molar-refractivity contribution is 7.12. The van der Waals surface area contributed by atoms with Gasteiger partial charge in [0.2, 0.25) is 0 Å². The molecule has 1 saturated heterocycles. The Morgan fingerprint density at radius 2 is 1.93 bits per heavy atom. The van der Waals surface area contributed by atoms with Gasteiger partial charge in [-0.05, 0) is 56.5 Å². The average Bonchev–Trinajstić information content (AvgIpc) is 3.17. The number of carbonyl (C=O) groups excluding carboxylic acids is 2. The quantitative estimate of drug-likeness (QED) is 0.696. The molecule has 1 fully saturated rings. The summed E-state index contributed by atoms with van der Waals surface area (Å²) in [6.07, 6.45) is 1.64. The minimum absolute atomic E-state index is 0.0866. The zero-order valence-electron chi connectivity index (χ0n) is 17.7. The number of benzene rings is 1. The van der Waals surface area contributed by atoms with Gasteiger partial charge < -0.3 is 14.5 Å². The Morgan fingerprint density at radius 3 is 2.62 bits per heavy atom. The molecule has 156 valence electrons. The number of ether oxygens (including phenoxy) is 1. The Bertz CT molecular complexity index is 841. The first-order chi connectivity index (χ1) is 13.7. The van der Waals surface area contributed by atoms with Crippen LogP contribution in [-0.4, -0.2) is 54.1 Å². The van der Waals surface area contributed by atoms with Gasteiger partial charge in [0.25, 0.3) is 5.91 Å². The SMILES string of the molecule is CN(CC1CCCN(C(=O)c2sccc2-c2ccccc2)C1)C(=O)OC(C)(C)C. The number of rotatable bonds is 4. The van der Waals surface area contributed by atoms with E-state index in [-0.39, 0.29) is 17.9 Å². The number of piperidine rings is 1. The second kappa shape index (κ2) is 8.99. The Hall–Kier alpha value is -2.34. The summed E-state index contributed by atoms with van der Waals surface area (Å²) >= 11 is 1.50. The second-order valence-corrected chi connectivity index (χ2v) is 9.57. The molecule has 2 aromatic rings. The van der Waals surface area contributed by atoms with E-state index in [0.717, 1.165) is 35.4 Å². The molecular formula is C23H30N2O3S. The van der Waals surface area contributed by atoms with Crippen molar-refractivity contribution in [3.8, 4) is 11.1 Å². The van der Waals surface area contributed by atoms with E-state index in [9.17, 15) is 9.59 Å². The van der Waals surface area contributed by atoms with Crippen LogP contribution in [0.25, 0.3) is 11.1 Å². The van der Waals surface area contributed by atoms with E-state index in [0.29, 0.717) is 13.1 Å². The van der Waals surface area contributed by atoms with Gasteiger partial charge >= 0.3 is 6.09 Å². The molecule has 6 heteroatoms. The number of hydrogen-bond donors (Lipinski definition) is 0. The van der Waals surface area contributed by atoms with Crippen LogP contribution in [0.3, 0.4) is 0 Å². The lowest BCUT2D eigenvalue weighted by molar-refractivity contribution is 0.0244. The third-order valence-electron chi connectivity index (χ3n) is 4.99. The molecule has 0 radical (unpaired) electrons. The normalized spacial score (nSPS) is 17.1. The fourth-order valence-electron chi connectivity index (χ4n) is 3.66. The molecule has 0 aliphatic carbocycles.